The molecule has 2 nitrogen and oxygen atoms in total. The van der Waals surface area contributed by atoms with Crippen molar-refractivity contribution in [3.63, 3.8) is 0 Å². The third kappa shape index (κ3) is 2.23. The molecule has 0 heterocycles. The molecule has 0 aliphatic carbocycles. The van der Waals surface area contributed by atoms with Crippen LogP contribution in [-0.2, 0) is 5.33 Å². The van der Waals surface area contributed by atoms with E-state index in [-0.39, 0.29) is 0 Å². The Morgan fingerprint density at radius 1 is 1.42 bits per heavy atom. The molecule has 1 aromatic carbocycles. The topological polar surface area (TPSA) is 40.5 Å². The predicted octanol–water partition coefficient (Wildman–Crippen LogP) is 0.915. The van der Waals surface area contributed by atoms with Gasteiger partial charge in [0.25, 0.3) is 0 Å². The van der Waals surface area contributed by atoms with Crippen LogP contribution >= 0.6 is 27.5 Å². The van der Waals surface area contributed by atoms with Gasteiger partial charge in [0.05, 0.1) is 0 Å². The van der Waals surface area contributed by atoms with E-state index >= 15 is 0 Å². The summed E-state index contributed by atoms with van der Waals surface area (Å²) < 4.78 is 0. The Morgan fingerprint density at radius 3 is 2.58 bits per heavy atom. The molecule has 5 heteroatoms. The maximum absolute atomic E-state index is 8.92. The van der Waals surface area contributed by atoms with Crippen molar-refractivity contribution in [1.29, 1.82) is 0 Å². The van der Waals surface area contributed by atoms with Crippen molar-refractivity contribution in [3.8, 4) is 0 Å². The molecule has 0 atom stereocenters. The van der Waals surface area contributed by atoms with E-state index < -0.39 is 7.12 Å². The molecule has 0 aromatic heterocycles. The van der Waals surface area contributed by atoms with Gasteiger partial charge in [0.15, 0.2) is 0 Å². The average Bonchev–Trinajstić information content (AvgIpc) is 2.03. The van der Waals surface area contributed by atoms with E-state index in [1.165, 1.54) is 0 Å². The molecule has 0 aliphatic rings. The standard InChI is InChI=1S/C7H7BBrClO2/c9-4-5-3-6(10)1-2-7(5)8(11)12/h1-3,11-12H,4H2. The van der Waals surface area contributed by atoms with Crippen LogP contribution in [0.25, 0.3) is 0 Å². The summed E-state index contributed by atoms with van der Waals surface area (Å²) in [7, 11) is -1.44. The minimum Gasteiger partial charge on any atom is -0.423 e. The zero-order valence-electron chi connectivity index (χ0n) is 6.17. The van der Waals surface area contributed by atoms with Gasteiger partial charge in [0.1, 0.15) is 0 Å². The van der Waals surface area contributed by atoms with E-state index in [1.54, 1.807) is 18.2 Å². The lowest BCUT2D eigenvalue weighted by Crippen LogP contribution is -2.32. The Kier molecular flexibility index (Phi) is 3.59. The fraction of sp³-hybridized carbons (Fsp3) is 0.143. The van der Waals surface area contributed by atoms with Crippen LogP contribution in [0.1, 0.15) is 5.56 Å². The lowest BCUT2D eigenvalue weighted by Gasteiger charge is -2.05. The first-order chi connectivity index (χ1) is 5.65. The fourth-order valence-corrected chi connectivity index (χ4v) is 1.62. The molecule has 0 bridgehead atoms. The van der Waals surface area contributed by atoms with Crippen molar-refractivity contribution < 1.29 is 10.0 Å². The summed E-state index contributed by atoms with van der Waals surface area (Å²) in [6.07, 6.45) is 0. The molecule has 1 rings (SSSR count). The van der Waals surface area contributed by atoms with E-state index in [2.05, 4.69) is 15.9 Å². The summed E-state index contributed by atoms with van der Waals surface area (Å²) in [5.74, 6) is 0. The molecule has 0 aliphatic heterocycles. The molecule has 1 aromatic rings. The van der Waals surface area contributed by atoms with Crippen molar-refractivity contribution in [1.82, 2.24) is 0 Å². The smallest absolute Gasteiger partial charge is 0.423 e. The largest absolute Gasteiger partial charge is 0.488 e. The third-order valence-corrected chi connectivity index (χ3v) is 2.37. The summed E-state index contributed by atoms with van der Waals surface area (Å²) in [5, 5.41) is 19.0. The summed E-state index contributed by atoms with van der Waals surface area (Å²) in [6, 6.07) is 4.93. The summed E-state index contributed by atoms with van der Waals surface area (Å²) in [6.45, 7) is 0. The van der Waals surface area contributed by atoms with E-state index in [0.29, 0.717) is 15.8 Å². The van der Waals surface area contributed by atoms with Gasteiger partial charge in [0.2, 0.25) is 0 Å². The lowest BCUT2D eigenvalue weighted by atomic mass is 9.77. The normalized spacial score (nSPS) is 10.0. The molecule has 0 unspecified atom stereocenters. The molecule has 0 saturated carbocycles. The van der Waals surface area contributed by atoms with E-state index in [1.807, 2.05) is 0 Å². The minimum absolute atomic E-state index is 0.483. The third-order valence-electron chi connectivity index (χ3n) is 1.53. The first-order valence-corrected chi connectivity index (χ1v) is 4.85. The van der Waals surface area contributed by atoms with Crippen LogP contribution in [0.3, 0.4) is 0 Å². The Labute approximate surface area is 84.4 Å². The van der Waals surface area contributed by atoms with E-state index in [9.17, 15) is 0 Å². The van der Waals surface area contributed by atoms with Crippen LogP contribution in [0.2, 0.25) is 5.02 Å². The monoisotopic (exact) mass is 248 g/mol. The number of rotatable bonds is 2. The highest BCUT2D eigenvalue weighted by Gasteiger charge is 2.14. The van der Waals surface area contributed by atoms with Gasteiger partial charge in [-0.1, -0.05) is 33.6 Å². The van der Waals surface area contributed by atoms with Crippen molar-refractivity contribution in [2.45, 2.75) is 5.33 Å². The average molecular weight is 249 g/mol. The SMILES string of the molecule is OB(O)c1ccc(Cl)cc1CBr. The molecule has 0 radical (unpaired) electrons. The number of alkyl halides is 1. The van der Waals surface area contributed by atoms with E-state index in [0.717, 1.165) is 5.56 Å². The van der Waals surface area contributed by atoms with Crippen LogP contribution in [-0.4, -0.2) is 17.2 Å². The van der Waals surface area contributed by atoms with Gasteiger partial charge < -0.3 is 10.0 Å². The highest BCUT2D eigenvalue weighted by atomic mass is 79.9. The van der Waals surface area contributed by atoms with Gasteiger partial charge in [-0.3, -0.25) is 0 Å². The molecule has 0 fully saturated rings. The van der Waals surface area contributed by atoms with Crippen molar-refractivity contribution in [3.05, 3.63) is 28.8 Å². The van der Waals surface area contributed by atoms with Gasteiger partial charge in [-0.05, 0) is 23.2 Å². The predicted molar refractivity (Wildman–Crippen MR) is 53.9 cm³/mol. The number of benzene rings is 1. The molecule has 12 heavy (non-hydrogen) atoms. The molecule has 2 N–H and O–H groups in total. The quantitative estimate of drug-likeness (QED) is 0.604. The maximum atomic E-state index is 8.92. The highest BCUT2D eigenvalue weighted by molar-refractivity contribution is 9.08. The molecule has 64 valence electrons. The first kappa shape index (κ1) is 10.1. The number of halogens is 2. The Hall–Kier alpha value is -0.0251. The first-order valence-electron chi connectivity index (χ1n) is 3.35. The molecular weight excluding hydrogens is 242 g/mol. The fourth-order valence-electron chi connectivity index (χ4n) is 0.942. The second kappa shape index (κ2) is 4.28. The van der Waals surface area contributed by atoms with Gasteiger partial charge >= 0.3 is 7.12 Å². The van der Waals surface area contributed by atoms with Crippen LogP contribution in [0.5, 0.6) is 0 Å². The summed E-state index contributed by atoms with van der Waals surface area (Å²) in [5.41, 5.74) is 1.27. The van der Waals surface area contributed by atoms with Crippen LogP contribution in [0.15, 0.2) is 18.2 Å². The van der Waals surface area contributed by atoms with Crippen LogP contribution in [0.4, 0.5) is 0 Å². The number of hydrogen-bond donors (Lipinski definition) is 2. The van der Waals surface area contributed by atoms with Gasteiger partial charge in [-0.2, -0.15) is 0 Å². The summed E-state index contributed by atoms with van der Waals surface area (Å²) in [4.78, 5) is 0. The second-order valence-corrected chi connectivity index (χ2v) is 3.35. The van der Waals surface area contributed by atoms with Crippen LogP contribution < -0.4 is 5.46 Å². The zero-order chi connectivity index (χ0) is 9.14. The van der Waals surface area contributed by atoms with Gasteiger partial charge in [0, 0.05) is 10.4 Å². The number of hydrogen-bond acceptors (Lipinski definition) is 2. The van der Waals surface area contributed by atoms with Crippen molar-refractivity contribution >= 4 is 40.1 Å². The van der Waals surface area contributed by atoms with Crippen LogP contribution in [0, 0.1) is 0 Å². The van der Waals surface area contributed by atoms with Gasteiger partial charge in [-0.15, -0.1) is 0 Å². The second-order valence-electron chi connectivity index (χ2n) is 2.35. The van der Waals surface area contributed by atoms with Crippen molar-refractivity contribution in [2.75, 3.05) is 0 Å². The Bertz CT molecular complexity index is 280. The maximum Gasteiger partial charge on any atom is 0.488 e. The molecule has 0 amide bonds. The summed E-state index contributed by atoms with van der Waals surface area (Å²) >= 11 is 8.95. The zero-order valence-corrected chi connectivity index (χ0v) is 8.51. The molecule has 0 spiro atoms. The Balaban J connectivity index is 3.11. The van der Waals surface area contributed by atoms with E-state index in [4.69, 9.17) is 21.6 Å². The van der Waals surface area contributed by atoms with Crippen molar-refractivity contribution in [2.24, 2.45) is 0 Å². The molecular formula is C7H7BBrClO2. The minimum atomic E-state index is -1.44. The molecule has 0 saturated heterocycles. The highest BCUT2D eigenvalue weighted by Crippen LogP contribution is 2.11. The lowest BCUT2D eigenvalue weighted by molar-refractivity contribution is 0.425. The Morgan fingerprint density at radius 2 is 2.08 bits per heavy atom. The van der Waals surface area contributed by atoms with Gasteiger partial charge in [-0.25, -0.2) is 0 Å².